The fraction of sp³-hybridized carbons (Fsp3) is 0.556. The molecule has 2 amide bonds. The molecule has 144 valence electrons. The Morgan fingerprint density at radius 1 is 1.44 bits per heavy atom. The van der Waals surface area contributed by atoms with Gasteiger partial charge in [-0.05, 0) is 66.8 Å². The number of ether oxygens (including phenoxy) is 2. The summed E-state index contributed by atoms with van der Waals surface area (Å²) >= 11 is 3.24. The molecule has 0 N–H and O–H groups in total. The molecule has 1 saturated heterocycles. The van der Waals surface area contributed by atoms with Crippen LogP contribution in [0.1, 0.15) is 36.0 Å². The Hall–Kier alpha value is -2.25. The lowest BCUT2D eigenvalue weighted by Gasteiger charge is -2.23. The van der Waals surface area contributed by atoms with Crippen molar-refractivity contribution in [3.8, 4) is 5.75 Å². The van der Waals surface area contributed by atoms with Gasteiger partial charge in [-0.3, -0.25) is 4.79 Å². The molecule has 8 nitrogen and oxygen atoms in total. The van der Waals surface area contributed by atoms with E-state index in [1.807, 2.05) is 12.1 Å². The van der Waals surface area contributed by atoms with Crippen LogP contribution in [0.3, 0.4) is 0 Å². The Morgan fingerprint density at radius 3 is 2.81 bits per heavy atom. The number of halogens is 1. The second-order valence-electron chi connectivity index (χ2n) is 6.57. The number of imide groups is 1. The highest BCUT2D eigenvalue weighted by Crippen LogP contribution is 2.33. The van der Waals surface area contributed by atoms with Crippen LogP contribution in [0.2, 0.25) is 0 Å². The maximum absolute atomic E-state index is 12.7. The monoisotopic (exact) mass is 436 g/mol. The third-order valence-corrected chi connectivity index (χ3v) is 5.70. The van der Waals surface area contributed by atoms with E-state index in [1.54, 1.807) is 7.11 Å². The first kappa shape index (κ1) is 19.5. The molecule has 1 aliphatic carbocycles. The summed E-state index contributed by atoms with van der Waals surface area (Å²) in [4.78, 5) is 27.7. The molecule has 1 heterocycles. The lowest BCUT2D eigenvalue weighted by atomic mass is 9.85. The number of azide groups is 1. The number of carbonyl (C=O) groups excluding carboxylic acids is 2. The van der Waals surface area contributed by atoms with Crippen molar-refractivity contribution in [2.75, 3.05) is 13.7 Å². The Kier molecular flexibility index (Phi) is 6.23. The Bertz CT molecular complexity index is 794. The SMILES string of the molecule is COc1ccc(CC[C@H](N=[N+]=[N-])C(=O)N2C(=O)OC[C@@H]2Br)c2c1CCCC2. The molecule has 2 atom stereocenters. The van der Waals surface area contributed by atoms with E-state index in [1.165, 1.54) is 11.1 Å². The second kappa shape index (κ2) is 8.63. The molecule has 0 bridgehead atoms. The lowest BCUT2D eigenvalue weighted by molar-refractivity contribution is -0.129. The molecule has 0 saturated carbocycles. The van der Waals surface area contributed by atoms with Gasteiger partial charge in [0, 0.05) is 4.91 Å². The highest BCUT2D eigenvalue weighted by Gasteiger charge is 2.39. The van der Waals surface area contributed by atoms with Crippen LogP contribution < -0.4 is 4.74 Å². The van der Waals surface area contributed by atoms with E-state index in [0.29, 0.717) is 12.8 Å². The molecule has 0 aromatic heterocycles. The van der Waals surface area contributed by atoms with Crippen molar-refractivity contribution in [3.63, 3.8) is 0 Å². The predicted molar refractivity (Wildman–Crippen MR) is 102 cm³/mol. The quantitative estimate of drug-likeness (QED) is 0.221. The van der Waals surface area contributed by atoms with E-state index < -0.39 is 23.0 Å². The zero-order chi connectivity index (χ0) is 19.4. The number of nitrogens with zero attached hydrogens (tertiary/aromatic N) is 4. The summed E-state index contributed by atoms with van der Waals surface area (Å²) in [6.45, 7) is 0.0829. The van der Waals surface area contributed by atoms with Crippen LogP contribution in [-0.4, -0.2) is 41.6 Å². The number of aryl methyl sites for hydroxylation is 1. The van der Waals surface area contributed by atoms with Crippen LogP contribution in [-0.2, 0) is 28.8 Å². The molecule has 0 spiro atoms. The topological polar surface area (TPSA) is 105 Å². The minimum absolute atomic E-state index is 0.0829. The van der Waals surface area contributed by atoms with Gasteiger partial charge in [0.1, 0.15) is 23.3 Å². The van der Waals surface area contributed by atoms with Gasteiger partial charge in [-0.1, -0.05) is 27.1 Å². The molecule has 9 heteroatoms. The van der Waals surface area contributed by atoms with Crippen molar-refractivity contribution in [3.05, 3.63) is 39.3 Å². The van der Waals surface area contributed by atoms with Gasteiger partial charge in [0.15, 0.2) is 0 Å². The van der Waals surface area contributed by atoms with Gasteiger partial charge >= 0.3 is 6.09 Å². The van der Waals surface area contributed by atoms with Crippen molar-refractivity contribution in [1.82, 2.24) is 4.90 Å². The van der Waals surface area contributed by atoms with Crippen molar-refractivity contribution in [2.24, 2.45) is 5.11 Å². The number of fused-ring (bicyclic) bond motifs is 1. The van der Waals surface area contributed by atoms with E-state index in [2.05, 4.69) is 26.0 Å². The first-order valence-electron chi connectivity index (χ1n) is 8.92. The van der Waals surface area contributed by atoms with Gasteiger partial charge in [0.2, 0.25) is 5.91 Å². The molecule has 1 aliphatic heterocycles. The van der Waals surface area contributed by atoms with E-state index in [4.69, 9.17) is 15.0 Å². The average molecular weight is 437 g/mol. The molecule has 0 unspecified atom stereocenters. The maximum Gasteiger partial charge on any atom is 0.417 e. The number of amides is 2. The Labute approximate surface area is 165 Å². The maximum atomic E-state index is 12.7. The first-order valence-corrected chi connectivity index (χ1v) is 9.84. The standard InChI is InChI=1S/C18H21BrN4O4/c1-26-15-9-7-11(12-4-2-3-5-13(12)15)6-8-14(21-22-20)17(24)23-16(19)10-27-18(23)25/h7,9,14,16H,2-6,8,10H2,1H3/t14-,16+/m0/s1. The van der Waals surface area contributed by atoms with Crippen LogP contribution in [0.4, 0.5) is 4.79 Å². The van der Waals surface area contributed by atoms with E-state index in [9.17, 15) is 9.59 Å². The van der Waals surface area contributed by atoms with Gasteiger partial charge in [-0.25, -0.2) is 9.69 Å². The number of alkyl halides is 1. The Morgan fingerprint density at radius 2 is 2.19 bits per heavy atom. The number of hydrogen-bond acceptors (Lipinski definition) is 5. The number of hydrogen-bond donors (Lipinski definition) is 0. The van der Waals surface area contributed by atoms with Crippen LogP contribution in [0.15, 0.2) is 17.2 Å². The number of methoxy groups -OCH3 is 1. The highest BCUT2D eigenvalue weighted by molar-refractivity contribution is 9.09. The molecule has 3 rings (SSSR count). The average Bonchev–Trinajstić information content (AvgIpc) is 3.02. The molecule has 0 radical (unpaired) electrons. The molecule has 27 heavy (non-hydrogen) atoms. The first-order chi connectivity index (χ1) is 13.1. The zero-order valence-electron chi connectivity index (χ0n) is 15.1. The van der Waals surface area contributed by atoms with Gasteiger partial charge in [0.25, 0.3) is 0 Å². The largest absolute Gasteiger partial charge is 0.496 e. The summed E-state index contributed by atoms with van der Waals surface area (Å²) in [6.07, 6.45) is 4.40. The van der Waals surface area contributed by atoms with Crippen molar-refractivity contribution in [1.29, 1.82) is 0 Å². The molecule has 1 fully saturated rings. The summed E-state index contributed by atoms with van der Waals surface area (Å²) in [6, 6.07) is 3.01. The highest BCUT2D eigenvalue weighted by atomic mass is 79.9. The lowest BCUT2D eigenvalue weighted by Crippen LogP contribution is -2.42. The second-order valence-corrected chi connectivity index (χ2v) is 7.63. The third kappa shape index (κ3) is 4.04. The van der Waals surface area contributed by atoms with E-state index in [-0.39, 0.29) is 6.61 Å². The minimum atomic E-state index is -0.956. The number of cyclic esters (lactones) is 1. The van der Waals surface area contributed by atoms with Crippen molar-refractivity contribution in [2.45, 2.75) is 49.5 Å². The van der Waals surface area contributed by atoms with E-state index in [0.717, 1.165) is 41.9 Å². The smallest absolute Gasteiger partial charge is 0.417 e. The normalized spacial score (nSPS) is 19.7. The zero-order valence-corrected chi connectivity index (χ0v) is 16.6. The summed E-state index contributed by atoms with van der Waals surface area (Å²) in [5, 5.41) is 3.63. The van der Waals surface area contributed by atoms with Gasteiger partial charge in [0.05, 0.1) is 7.11 Å². The summed E-state index contributed by atoms with van der Waals surface area (Å²) in [5.74, 6) is 0.359. The Balaban J connectivity index is 1.78. The van der Waals surface area contributed by atoms with E-state index >= 15 is 0 Å². The van der Waals surface area contributed by atoms with Crippen molar-refractivity contribution < 1.29 is 19.1 Å². The summed E-state index contributed by atoms with van der Waals surface area (Å²) in [7, 11) is 1.67. The van der Waals surface area contributed by atoms with Gasteiger partial charge in [-0.2, -0.15) is 0 Å². The van der Waals surface area contributed by atoms with Crippen LogP contribution in [0, 0.1) is 0 Å². The van der Waals surface area contributed by atoms with Crippen molar-refractivity contribution >= 4 is 27.9 Å². The van der Waals surface area contributed by atoms with Crippen LogP contribution >= 0.6 is 15.9 Å². The summed E-state index contributed by atoms with van der Waals surface area (Å²) in [5.41, 5.74) is 12.5. The molecule has 2 aliphatic rings. The third-order valence-electron chi connectivity index (χ3n) is 5.03. The van der Waals surface area contributed by atoms with Crippen LogP contribution in [0.5, 0.6) is 5.75 Å². The number of rotatable bonds is 6. The van der Waals surface area contributed by atoms with Gasteiger partial charge in [-0.15, -0.1) is 0 Å². The molecule has 1 aromatic rings. The fourth-order valence-electron chi connectivity index (χ4n) is 3.71. The molecule has 1 aromatic carbocycles. The number of carbonyl (C=O) groups is 2. The fourth-order valence-corrected chi connectivity index (χ4v) is 4.21. The molecular weight excluding hydrogens is 416 g/mol. The van der Waals surface area contributed by atoms with Crippen LogP contribution in [0.25, 0.3) is 10.4 Å². The van der Waals surface area contributed by atoms with Gasteiger partial charge < -0.3 is 9.47 Å². The number of benzene rings is 1. The predicted octanol–water partition coefficient (Wildman–Crippen LogP) is 3.89. The molecular formula is C18H21BrN4O4. The summed E-state index contributed by atoms with van der Waals surface area (Å²) < 4.78 is 10.3. The minimum Gasteiger partial charge on any atom is -0.496 e.